The largest absolute Gasteiger partial charge is 0.501 e. The van der Waals surface area contributed by atoms with Gasteiger partial charge < -0.3 is 0 Å². The minimum absolute atomic E-state index is 0.591. The fourth-order valence-electron chi connectivity index (χ4n) is 1.45. The highest BCUT2D eigenvalue weighted by Gasteiger charge is 2.46. The molecule has 1 aromatic carbocycles. The van der Waals surface area contributed by atoms with E-state index in [0.29, 0.717) is 17.2 Å². The van der Waals surface area contributed by atoms with Crippen LogP contribution in [0.25, 0.3) is 0 Å². The number of hydrogen-bond donors (Lipinski definition) is 0. The molecule has 5 nitrogen and oxygen atoms in total. The highest BCUT2D eigenvalue weighted by Crippen LogP contribution is 2.31. The Bertz CT molecular complexity index is 683. The van der Waals surface area contributed by atoms with Crippen LogP contribution >= 0.6 is 11.8 Å². The van der Waals surface area contributed by atoms with Crippen molar-refractivity contribution in [1.82, 2.24) is 14.8 Å². The van der Waals surface area contributed by atoms with Crippen LogP contribution in [-0.4, -0.2) is 34.4 Å². The molecule has 0 saturated carbocycles. The molecule has 1 heterocycles. The van der Waals surface area contributed by atoms with Gasteiger partial charge in [-0.15, -0.1) is 11.8 Å². The summed E-state index contributed by atoms with van der Waals surface area (Å²) in [4.78, 5) is 3.70. The van der Waals surface area contributed by atoms with E-state index < -0.39 is 20.2 Å². The highest BCUT2D eigenvalue weighted by molar-refractivity contribution is 7.99. The molecule has 0 bridgehead atoms. The standard InChI is InChI=1S/C11H10F3N3O2S2/c12-11(13,14)21(18,19)10-3-1-9(2-4-10)20-6-5-17-8-15-7-16-17/h1-4,7-8H,5-6H2. The predicted octanol–water partition coefficient (Wildman–Crippen LogP) is 2.36. The van der Waals surface area contributed by atoms with Crippen molar-refractivity contribution in [1.29, 1.82) is 0 Å². The molecule has 0 aliphatic heterocycles. The average molecular weight is 337 g/mol. The monoisotopic (exact) mass is 337 g/mol. The lowest BCUT2D eigenvalue weighted by atomic mass is 10.4. The first-order valence-electron chi connectivity index (χ1n) is 5.67. The third-order valence-electron chi connectivity index (χ3n) is 2.49. The number of hydrogen-bond acceptors (Lipinski definition) is 5. The van der Waals surface area contributed by atoms with Gasteiger partial charge in [0.1, 0.15) is 12.7 Å². The van der Waals surface area contributed by atoms with Crippen LogP contribution in [0, 0.1) is 0 Å². The van der Waals surface area contributed by atoms with Gasteiger partial charge in [-0.1, -0.05) is 0 Å². The average Bonchev–Trinajstić information content (AvgIpc) is 2.91. The maximum Gasteiger partial charge on any atom is 0.501 e. The van der Waals surface area contributed by atoms with E-state index in [1.807, 2.05) is 0 Å². The van der Waals surface area contributed by atoms with Gasteiger partial charge in [-0.05, 0) is 24.3 Å². The third kappa shape index (κ3) is 3.76. The van der Waals surface area contributed by atoms with Crippen molar-refractivity contribution in [2.24, 2.45) is 0 Å². The first-order valence-corrected chi connectivity index (χ1v) is 8.14. The van der Waals surface area contributed by atoms with E-state index >= 15 is 0 Å². The molecule has 0 radical (unpaired) electrons. The molecular weight excluding hydrogens is 327 g/mol. The molecule has 1 aromatic heterocycles. The van der Waals surface area contributed by atoms with Crippen LogP contribution in [0.4, 0.5) is 13.2 Å². The van der Waals surface area contributed by atoms with Crippen LogP contribution in [-0.2, 0) is 16.4 Å². The molecule has 2 rings (SSSR count). The van der Waals surface area contributed by atoms with Crippen LogP contribution in [0.15, 0.2) is 46.7 Å². The maximum absolute atomic E-state index is 12.4. The van der Waals surface area contributed by atoms with Gasteiger partial charge in [0.2, 0.25) is 0 Å². The molecule has 0 aliphatic carbocycles. The lowest BCUT2D eigenvalue weighted by molar-refractivity contribution is -0.0436. The van der Waals surface area contributed by atoms with Gasteiger partial charge in [0.25, 0.3) is 9.84 Å². The van der Waals surface area contributed by atoms with Gasteiger partial charge in [-0.2, -0.15) is 18.3 Å². The second-order valence-corrected chi connectivity index (χ2v) is 7.04. The molecule has 0 spiro atoms. The van der Waals surface area contributed by atoms with Crippen molar-refractivity contribution in [2.75, 3.05) is 5.75 Å². The number of sulfone groups is 1. The minimum atomic E-state index is -5.28. The van der Waals surface area contributed by atoms with Crippen LogP contribution in [0.5, 0.6) is 0 Å². The smallest absolute Gasteiger partial charge is 0.252 e. The summed E-state index contributed by atoms with van der Waals surface area (Å²) in [7, 11) is -5.28. The van der Waals surface area contributed by atoms with Gasteiger partial charge in [-0.3, -0.25) is 4.68 Å². The molecule has 114 valence electrons. The number of aryl methyl sites for hydroxylation is 1. The van der Waals surface area contributed by atoms with E-state index in [4.69, 9.17) is 0 Å². The van der Waals surface area contributed by atoms with Crippen molar-refractivity contribution < 1.29 is 21.6 Å². The van der Waals surface area contributed by atoms with E-state index in [-0.39, 0.29) is 0 Å². The number of benzene rings is 1. The minimum Gasteiger partial charge on any atom is -0.252 e. The summed E-state index contributed by atoms with van der Waals surface area (Å²) in [5.41, 5.74) is -5.28. The molecule has 2 aromatic rings. The zero-order valence-electron chi connectivity index (χ0n) is 10.5. The summed E-state index contributed by atoms with van der Waals surface area (Å²) in [5.74, 6) is 0.634. The maximum atomic E-state index is 12.4. The normalized spacial score (nSPS) is 12.5. The van der Waals surface area contributed by atoms with E-state index in [1.165, 1.54) is 30.2 Å². The predicted molar refractivity (Wildman–Crippen MR) is 70.4 cm³/mol. The fraction of sp³-hybridized carbons (Fsp3) is 0.273. The Kier molecular flexibility index (Phi) is 4.57. The van der Waals surface area contributed by atoms with Crippen LogP contribution in [0.1, 0.15) is 0 Å². The summed E-state index contributed by atoms with van der Waals surface area (Å²) in [6.45, 7) is 0.591. The number of alkyl halides is 3. The van der Waals surface area contributed by atoms with Crippen molar-refractivity contribution in [3.63, 3.8) is 0 Å². The first kappa shape index (κ1) is 15.8. The Hall–Kier alpha value is -1.55. The van der Waals surface area contributed by atoms with E-state index in [0.717, 1.165) is 12.1 Å². The van der Waals surface area contributed by atoms with Gasteiger partial charge in [0.15, 0.2) is 0 Å². The molecule has 0 aliphatic rings. The zero-order chi connectivity index (χ0) is 15.5. The van der Waals surface area contributed by atoms with E-state index in [9.17, 15) is 21.6 Å². The van der Waals surface area contributed by atoms with Crippen LogP contribution in [0.3, 0.4) is 0 Å². The summed E-state index contributed by atoms with van der Waals surface area (Å²) in [5, 5.41) is 3.91. The second-order valence-electron chi connectivity index (χ2n) is 3.93. The van der Waals surface area contributed by atoms with Crippen molar-refractivity contribution >= 4 is 21.6 Å². The topological polar surface area (TPSA) is 64.8 Å². The molecule has 0 fully saturated rings. The molecular formula is C11H10F3N3O2S2. The summed E-state index contributed by atoms with van der Waals surface area (Å²) in [6, 6.07) is 4.62. The first-order chi connectivity index (χ1) is 9.80. The molecule has 0 atom stereocenters. The van der Waals surface area contributed by atoms with E-state index in [1.54, 1.807) is 11.0 Å². The van der Waals surface area contributed by atoms with Gasteiger partial charge in [-0.25, -0.2) is 13.4 Å². The van der Waals surface area contributed by atoms with Gasteiger partial charge in [0, 0.05) is 10.6 Å². The molecule has 10 heteroatoms. The second kappa shape index (κ2) is 6.06. The zero-order valence-corrected chi connectivity index (χ0v) is 12.1. The number of rotatable bonds is 5. The lowest BCUT2D eigenvalue weighted by Crippen LogP contribution is -2.23. The van der Waals surface area contributed by atoms with Crippen LogP contribution < -0.4 is 0 Å². The fourth-order valence-corrected chi connectivity index (χ4v) is 3.06. The Morgan fingerprint density at radius 1 is 1.19 bits per heavy atom. The van der Waals surface area contributed by atoms with Crippen molar-refractivity contribution in [2.45, 2.75) is 21.8 Å². The molecule has 0 amide bonds. The quantitative estimate of drug-likeness (QED) is 0.784. The summed E-state index contributed by atoms with van der Waals surface area (Å²) >= 11 is 1.38. The number of nitrogens with zero attached hydrogens (tertiary/aromatic N) is 3. The lowest BCUT2D eigenvalue weighted by Gasteiger charge is -2.08. The van der Waals surface area contributed by atoms with Crippen LogP contribution in [0.2, 0.25) is 0 Å². The number of thioether (sulfide) groups is 1. The van der Waals surface area contributed by atoms with Gasteiger partial charge >= 0.3 is 5.51 Å². The number of aromatic nitrogens is 3. The highest BCUT2D eigenvalue weighted by atomic mass is 32.2. The Labute approximate surface area is 123 Å². The Morgan fingerprint density at radius 2 is 1.86 bits per heavy atom. The summed E-state index contributed by atoms with van der Waals surface area (Å²) in [6.07, 6.45) is 2.96. The van der Waals surface area contributed by atoms with Crippen molar-refractivity contribution in [3.8, 4) is 0 Å². The molecule has 0 unspecified atom stereocenters. The summed E-state index contributed by atoms with van der Waals surface area (Å²) < 4.78 is 61.1. The van der Waals surface area contributed by atoms with Crippen molar-refractivity contribution in [3.05, 3.63) is 36.9 Å². The number of halogens is 3. The molecule has 0 saturated heterocycles. The van der Waals surface area contributed by atoms with Gasteiger partial charge in [0.05, 0.1) is 11.4 Å². The Morgan fingerprint density at radius 3 is 2.38 bits per heavy atom. The molecule has 0 N–H and O–H groups in total. The molecule has 21 heavy (non-hydrogen) atoms. The SMILES string of the molecule is O=S(=O)(c1ccc(SCCn2cncn2)cc1)C(F)(F)F. The third-order valence-corrected chi connectivity index (χ3v) is 4.99. The Balaban J connectivity index is 1.99. The van der Waals surface area contributed by atoms with E-state index in [2.05, 4.69) is 10.1 Å².